The molecule has 0 aliphatic rings. The molecule has 0 saturated carbocycles. The molecule has 0 radical (unpaired) electrons. The second-order valence-corrected chi connectivity index (χ2v) is 3.84. The van der Waals surface area contributed by atoms with Gasteiger partial charge in [0.1, 0.15) is 0 Å². The van der Waals surface area contributed by atoms with Crippen LogP contribution in [-0.4, -0.2) is 6.04 Å². The van der Waals surface area contributed by atoms with Crippen LogP contribution in [0, 0.1) is 11.8 Å². The van der Waals surface area contributed by atoms with Crippen LogP contribution in [0.15, 0.2) is 0 Å². The van der Waals surface area contributed by atoms with Gasteiger partial charge in [0.15, 0.2) is 0 Å². The van der Waals surface area contributed by atoms with Gasteiger partial charge in [-0.15, -0.1) is 0 Å². The van der Waals surface area contributed by atoms with Crippen molar-refractivity contribution in [2.24, 2.45) is 17.6 Å². The van der Waals surface area contributed by atoms with Crippen LogP contribution in [0.4, 0.5) is 0 Å². The Morgan fingerprint density at radius 3 is 0.900 bits per heavy atom. The van der Waals surface area contributed by atoms with Crippen LogP contribution in [0.3, 0.4) is 0 Å². The predicted molar refractivity (Wildman–Crippen MR) is 49.0 cm³/mol. The lowest BCUT2D eigenvalue weighted by Crippen LogP contribution is -2.21. The highest BCUT2D eigenvalue weighted by atomic mass is 14.6. The van der Waals surface area contributed by atoms with E-state index in [0.29, 0.717) is 12.0 Å². The third-order valence-electron chi connectivity index (χ3n) is 1.05. The molecule has 2 N–H and O–H groups in total. The first-order valence-electron chi connectivity index (χ1n) is 4.13. The summed E-state index contributed by atoms with van der Waals surface area (Å²) in [6, 6.07) is 0.352. The molecule has 0 heterocycles. The Hall–Kier alpha value is -0.0400. The molecule has 0 aliphatic heterocycles. The fourth-order valence-electron chi connectivity index (χ4n) is 0. The molecule has 0 saturated heterocycles. The number of hydrogen-bond donors (Lipinski definition) is 1. The normalized spacial score (nSPS) is 12.9. The lowest BCUT2D eigenvalue weighted by Gasteiger charge is -2.05. The summed E-state index contributed by atoms with van der Waals surface area (Å²) in [5.41, 5.74) is 5.44. The molecule has 1 atom stereocenters. The van der Waals surface area contributed by atoms with Crippen molar-refractivity contribution in [3.8, 4) is 0 Å². The first-order chi connectivity index (χ1) is 4.37. The van der Waals surface area contributed by atoms with E-state index in [9.17, 15) is 0 Å². The van der Waals surface area contributed by atoms with E-state index in [0.717, 1.165) is 5.92 Å². The molecule has 10 heavy (non-hydrogen) atoms. The van der Waals surface area contributed by atoms with E-state index < -0.39 is 0 Å². The molecule has 0 aromatic carbocycles. The number of rotatable bonds is 1. The fraction of sp³-hybridized carbons (Fsp3) is 1.00. The summed E-state index contributed by atoms with van der Waals surface area (Å²) in [6.45, 7) is 12.8. The molecule has 0 aromatic heterocycles. The summed E-state index contributed by atoms with van der Waals surface area (Å²) in [5.74, 6) is 1.46. The highest BCUT2D eigenvalue weighted by Gasteiger charge is 1.95. The van der Waals surface area contributed by atoms with Gasteiger partial charge in [0.25, 0.3) is 0 Å². The van der Waals surface area contributed by atoms with Gasteiger partial charge in [-0.05, 0) is 18.8 Å². The monoisotopic (exact) mass is 145 g/mol. The van der Waals surface area contributed by atoms with Gasteiger partial charge in [-0.3, -0.25) is 0 Å². The Balaban J connectivity index is 0. The minimum atomic E-state index is 0.352. The molecular weight excluding hydrogens is 122 g/mol. The summed E-state index contributed by atoms with van der Waals surface area (Å²) in [7, 11) is 0. The van der Waals surface area contributed by atoms with Crippen LogP contribution < -0.4 is 5.73 Å². The average molecular weight is 145 g/mol. The first kappa shape index (κ1) is 12.6. The van der Waals surface area contributed by atoms with Crippen LogP contribution in [-0.2, 0) is 0 Å². The second kappa shape index (κ2) is 7.07. The van der Waals surface area contributed by atoms with E-state index in [4.69, 9.17) is 5.73 Å². The Morgan fingerprint density at radius 2 is 0.900 bits per heavy atom. The van der Waals surface area contributed by atoms with Crippen molar-refractivity contribution in [1.82, 2.24) is 0 Å². The van der Waals surface area contributed by atoms with Gasteiger partial charge < -0.3 is 5.73 Å². The third-order valence-corrected chi connectivity index (χ3v) is 1.05. The molecule has 0 aliphatic carbocycles. The zero-order valence-corrected chi connectivity index (χ0v) is 8.31. The maximum Gasteiger partial charge on any atom is 0.00334 e. The Bertz CT molecular complexity index is 47.0. The predicted octanol–water partition coefficient (Wildman–Crippen LogP) is 2.65. The highest BCUT2D eigenvalue weighted by Crippen LogP contribution is 1.93. The smallest absolute Gasteiger partial charge is 0.00334 e. The van der Waals surface area contributed by atoms with Crippen molar-refractivity contribution >= 4 is 0 Å². The van der Waals surface area contributed by atoms with E-state index in [1.54, 1.807) is 0 Å². The summed E-state index contributed by atoms with van der Waals surface area (Å²) in [4.78, 5) is 0. The minimum absolute atomic E-state index is 0.352. The molecule has 0 spiro atoms. The maximum atomic E-state index is 5.44. The van der Waals surface area contributed by atoms with Crippen molar-refractivity contribution in [3.63, 3.8) is 0 Å². The van der Waals surface area contributed by atoms with Crippen LogP contribution in [0.5, 0.6) is 0 Å². The van der Waals surface area contributed by atoms with Gasteiger partial charge in [0.05, 0.1) is 0 Å². The third kappa shape index (κ3) is 24.6. The van der Waals surface area contributed by atoms with Gasteiger partial charge in [-0.25, -0.2) is 0 Å². The first-order valence-corrected chi connectivity index (χ1v) is 4.13. The van der Waals surface area contributed by atoms with Crippen molar-refractivity contribution in [1.29, 1.82) is 0 Å². The molecule has 0 unspecified atom stereocenters. The SMILES string of the molecule is CC(C)C.CC(C)[C@@H](C)N. The van der Waals surface area contributed by atoms with Crippen LogP contribution >= 0.6 is 0 Å². The molecule has 0 amide bonds. The molecule has 64 valence electrons. The molecule has 0 rings (SSSR count). The molecule has 0 bridgehead atoms. The van der Waals surface area contributed by atoms with E-state index in [-0.39, 0.29) is 0 Å². The van der Waals surface area contributed by atoms with Gasteiger partial charge in [-0.1, -0.05) is 34.6 Å². The fourth-order valence-corrected chi connectivity index (χ4v) is 0. The molecule has 0 fully saturated rings. The Kier molecular flexibility index (Phi) is 8.92. The van der Waals surface area contributed by atoms with Gasteiger partial charge in [-0.2, -0.15) is 0 Å². The van der Waals surface area contributed by atoms with E-state index in [1.807, 2.05) is 6.92 Å². The van der Waals surface area contributed by atoms with Crippen LogP contribution in [0.1, 0.15) is 41.5 Å². The Labute approximate surface area is 66.0 Å². The minimum Gasteiger partial charge on any atom is -0.328 e. The summed E-state index contributed by atoms with van der Waals surface area (Å²) < 4.78 is 0. The summed E-state index contributed by atoms with van der Waals surface area (Å²) in [5, 5.41) is 0. The van der Waals surface area contributed by atoms with Crippen molar-refractivity contribution in [2.45, 2.75) is 47.6 Å². The second-order valence-electron chi connectivity index (χ2n) is 3.84. The van der Waals surface area contributed by atoms with Crippen molar-refractivity contribution in [3.05, 3.63) is 0 Å². The van der Waals surface area contributed by atoms with Gasteiger partial charge in [0, 0.05) is 6.04 Å². The number of nitrogens with two attached hydrogens (primary N) is 1. The van der Waals surface area contributed by atoms with Crippen molar-refractivity contribution < 1.29 is 0 Å². The lowest BCUT2D eigenvalue weighted by molar-refractivity contribution is 0.529. The average Bonchev–Trinajstić information content (AvgIpc) is 1.63. The summed E-state index contributed by atoms with van der Waals surface area (Å²) in [6.07, 6.45) is 0. The molecular formula is C9H23N. The molecule has 1 nitrogen and oxygen atoms in total. The van der Waals surface area contributed by atoms with Gasteiger partial charge in [0.2, 0.25) is 0 Å². The molecule has 0 aromatic rings. The molecule has 1 heteroatoms. The zero-order valence-electron chi connectivity index (χ0n) is 8.31. The van der Waals surface area contributed by atoms with Gasteiger partial charge >= 0.3 is 0 Å². The maximum absolute atomic E-state index is 5.44. The number of hydrogen-bond acceptors (Lipinski definition) is 1. The van der Waals surface area contributed by atoms with E-state index >= 15 is 0 Å². The topological polar surface area (TPSA) is 26.0 Å². The lowest BCUT2D eigenvalue weighted by atomic mass is 10.1. The zero-order chi connectivity index (χ0) is 8.73. The highest BCUT2D eigenvalue weighted by molar-refractivity contribution is 4.55. The largest absolute Gasteiger partial charge is 0.328 e. The Morgan fingerprint density at radius 1 is 0.800 bits per heavy atom. The standard InChI is InChI=1S/C5H13N.C4H10/c1-4(2)5(3)6;1-4(2)3/h4-5H,6H2,1-3H3;4H,1-3H3/t5-;/m1./s1. The van der Waals surface area contributed by atoms with Crippen LogP contribution in [0.25, 0.3) is 0 Å². The summed E-state index contributed by atoms with van der Waals surface area (Å²) >= 11 is 0. The van der Waals surface area contributed by atoms with E-state index in [2.05, 4.69) is 34.6 Å². The van der Waals surface area contributed by atoms with Crippen LogP contribution in [0.2, 0.25) is 0 Å². The van der Waals surface area contributed by atoms with E-state index in [1.165, 1.54) is 0 Å². The van der Waals surface area contributed by atoms with Crippen molar-refractivity contribution in [2.75, 3.05) is 0 Å². The quantitative estimate of drug-likeness (QED) is 0.603.